The number of carbonyl (C=O) groups is 1. The monoisotopic (exact) mass is 400 g/mol. The zero-order valence-electron chi connectivity index (χ0n) is 12.7. The van der Waals surface area contributed by atoms with E-state index in [4.69, 9.17) is 12.2 Å². The maximum Gasteiger partial charge on any atom is 0.194 e. The minimum absolute atomic E-state index is 0.0218. The predicted octanol–water partition coefficient (Wildman–Crippen LogP) is 3.59. The summed E-state index contributed by atoms with van der Waals surface area (Å²) in [4.78, 5) is 13.0. The van der Waals surface area contributed by atoms with Crippen LogP contribution in [0.1, 0.15) is 33.1 Å². The van der Waals surface area contributed by atoms with Crippen molar-refractivity contribution in [1.82, 2.24) is 10.6 Å². The Bertz CT molecular complexity index is 952. The van der Waals surface area contributed by atoms with E-state index >= 15 is 0 Å². The molecule has 2 aromatic rings. The van der Waals surface area contributed by atoms with E-state index in [1.807, 2.05) is 25.1 Å². The van der Waals surface area contributed by atoms with Crippen LogP contribution < -0.4 is 10.6 Å². The summed E-state index contributed by atoms with van der Waals surface area (Å²) in [6, 6.07) is 10.4. The molecule has 0 aromatic heterocycles. The number of rotatable bonds is 1. The van der Waals surface area contributed by atoms with E-state index in [2.05, 4.69) is 26.6 Å². The number of phenols is 1. The summed E-state index contributed by atoms with van der Waals surface area (Å²) in [6.45, 7) is 1.96. The third-order valence-corrected chi connectivity index (χ3v) is 5.24. The zero-order valence-corrected chi connectivity index (χ0v) is 15.1. The minimum Gasteiger partial charge on any atom is -0.508 e. The number of aryl methyl sites for hydroxylation is 1. The molecule has 3 N–H and O–H groups in total. The van der Waals surface area contributed by atoms with Gasteiger partial charge in [-0.3, -0.25) is 4.79 Å². The first-order valence-corrected chi connectivity index (χ1v) is 8.61. The van der Waals surface area contributed by atoms with E-state index in [-0.39, 0.29) is 11.5 Å². The second-order valence-corrected chi connectivity index (χ2v) is 7.17. The van der Waals surface area contributed by atoms with E-state index in [1.165, 1.54) is 0 Å². The number of fused-ring (bicyclic) bond motifs is 2. The Labute approximate surface area is 152 Å². The van der Waals surface area contributed by atoms with E-state index in [1.54, 1.807) is 18.2 Å². The van der Waals surface area contributed by atoms with Crippen molar-refractivity contribution in [1.29, 1.82) is 0 Å². The number of hydrogen-bond donors (Lipinski definition) is 3. The Morgan fingerprint density at radius 2 is 1.96 bits per heavy atom. The molecule has 0 fully saturated rings. The average molecular weight is 401 g/mol. The van der Waals surface area contributed by atoms with Gasteiger partial charge in [0.15, 0.2) is 10.9 Å². The first-order chi connectivity index (χ1) is 11.5. The average Bonchev–Trinajstić information content (AvgIpc) is 2.81. The first-order valence-electron chi connectivity index (χ1n) is 7.41. The summed E-state index contributed by atoms with van der Waals surface area (Å²) in [6.07, 6.45) is 0. The standard InChI is InChI=1S/C18H13BrN2O2S/c1-8-2-4-10-11(6-8)17(23)14-15(10)20-18(24)21-16(14)12-7-9(22)3-5-13(12)19/h2-7,16,22H,1H3,(H2,20,21,24). The highest BCUT2D eigenvalue weighted by Crippen LogP contribution is 2.42. The number of ketones is 1. The second kappa shape index (κ2) is 5.43. The molecular weight excluding hydrogens is 388 g/mol. The molecule has 1 aliphatic heterocycles. The SMILES string of the molecule is Cc1ccc2c(c1)C(=O)C1=C2NC(=S)NC1c1cc(O)ccc1Br. The molecule has 0 bridgehead atoms. The summed E-state index contributed by atoms with van der Waals surface area (Å²) >= 11 is 8.83. The minimum atomic E-state index is -0.421. The Morgan fingerprint density at radius 3 is 2.75 bits per heavy atom. The summed E-state index contributed by atoms with van der Waals surface area (Å²) in [5, 5.41) is 16.6. The maximum atomic E-state index is 13.0. The van der Waals surface area contributed by atoms with Crippen molar-refractivity contribution in [3.05, 3.63) is 68.7 Å². The molecule has 1 unspecified atom stereocenters. The third-order valence-electron chi connectivity index (χ3n) is 4.30. The predicted molar refractivity (Wildman–Crippen MR) is 99.8 cm³/mol. The Kier molecular flexibility index (Phi) is 3.47. The molecule has 0 radical (unpaired) electrons. The lowest BCUT2D eigenvalue weighted by Gasteiger charge is -2.29. The van der Waals surface area contributed by atoms with Gasteiger partial charge in [0.05, 0.1) is 17.3 Å². The molecular formula is C18H13BrN2O2S. The molecule has 24 heavy (non-hydrogen) atoms. The maximum absolute atomic E-state index is 13.0. The molecule has 0 saturated heterocycles. The van der Waals surface area contributed by atoms with Gasteiger partial charge in [0.1, 0.15) is 5.75 Å². The summed E-state index contributed by atoms with van der Waals surface area (Å²) < 4.78 is 0.800. The van der Waals surface area contributed by atoms with Crippen LogP contribution in [-0.2, 0) is 0 Å². The number of thiocarbonyl (C=S) groups is 1. The smallest absolute Gasteiger partial charge is 0.194 e. The van der Waals surface area contributed by atoms with Crippen LogP contribution in [0.3, 0.4) is 0 Å². The van der Waals surface area contributed by atoms with Crippen molar-refractivity contribution in [2.45, 2.75) is 13.0 Å². The van der Waals surface area contributed by atoms with Crippen LogP contribution in [0, 0.1) is 6.92 Å². The van der Waals surface area contributed by atoms with Gasteiger partial charge >= 0.3 is 0 Å². The quantitative estimate of drug-likeness (QED) is 0.638. The zero-order chi connectivity index (χ0) is 17.0. The van der Waals surface area contributed by atoms with Gasteiger partial charge < -0.3 is 15.7 Å². The van der Waals surface area contributed by atoms with Gasteiger partial charge in [-0.05, 0) is 49.0 Å². The molecule has 2 aliphatic rings. The van der Waals surface area contributed by atoms with E-state index < -0.39 is 6.04 Å². The molecule has 4 rings (SSSR count). The normalized spacial score (nSPS) is 18.8. The molecule has 1 heterocycles. The van der Waals surface area contributed by atoms with Crippen molar-refractivity contribution >= 4 is 44.7 Å². The van der Waals surface area contributed by atoms with Crippen molar-refractivity contribution in [3.8, 4) is 5.75 Å². The molecule has 120 valence electrons. The second-order valence-electron chi connectivity index (χ2n) is 5.90. The van der Waals surface area contributed by atoms with E-state index in [0.29, 0.717) is 16.2 Å². The number of Topliss-reactive ketones (excluding diaryl/α,β-unsaturated/α-hetero) is 1. The molecule has 1 atom stereocenters. The number of carbonyl (C=O) groups excluding carboxylic acids is 1. The van der Waals surface area contributed by atoms with Crippen molar-refractivity contribution in [2.75, 3.05) is 0 Å². The highest BCUT2D eigenvalue weighted by Gasteiger charge is 2.39. The van der Waals surface area contributed by atoms with Crippen LogP contribution in [0.25, 0.3) is 5.70 Å². The number of nitrogens with one attached hydrogen (secondary N) is 2. The molecule has 2 aromatic carbocycles. The molecule has 1 aliphatic carbocycles. The molecule has 0 spiro atoms. The third kappa shape index (κ3) is 2.25. The number of benzene rings is 2. The van der Waals surface area contributed by atoms with Gasteiger partial charge in [0.25, 0.3) is 0 Å². The van der Waals surface area contributed by atoms with Crippen LogP contribution in [0.2, 0.25) is 0 Å². The lowest BCUT2D eigenvalue weighted by Crippen LogP contribution is -2.43. The largest absolute Gasteiger partial charge is 0.508 e. The summed E-state index contributed by atoms with van der Waals surface area (Å²) in [5.41, 5.74) is 4.72. The van der Waals surface area contributed by atoms with Gasteiger partial charge in [0.2, 0.25) is 0 Å². The van der Waals surface area contributed by atoms with Crippen LogP contribution in [0.4, 0.5) is 0 Å². The lowest BCUT2D eigenvalue weighted by molar-refractivity contribution is 0.103. The number of halogens is 1. The Morgan fingerprint density at radius 1 is 1.17 bits per heavy atom. The van der Waals surface area contributed by atoms with Gasteiger partial charge in [-0.1, -0.05) is 33.6 Å². The molecule has 0 saturated carbocycles. The fourth-order valence-electron chi connectivity index (χ4n) is 3.22. The van der Waals surface area contributed by atoms with E-state index in [9.17, 15) is 9.90 Å². The van der Waals surface area contributed by atoms with Crippen LogP contribution in [0.5, 0.6) is 5.75 Å². The summed E-state index contributed by atoms with van der Waals surface area (Å²) in [7, 11) is 0. The van der Waals surface area contributed by atoms with Gasteiger partial charge in [-0.2, -0.15) is 0 Å². The number of phenolic OH excluding ortho intramolecular Hbond substituents is 1. The van der Waals surface area contributed by atoms with Gasteiger partial charge in [0, 0.05) is 15.6 Å². The van der Waals surface area contributed by atoms with Crippen LogP contribution in [-0.4, -0.2) is 16.0 Å². The lowest BCUT2D eigenvalue weighted by atomic mass is 9.94. The Balaban J connectivity index is 1.92. The van der Waals surface area contributed by atoms with E-state index in [0.717, 1.165) is 26.9 Å². The molecule has 0 amide bonds. The number of hydrogen-bond acceptors (Lipinski definition) is 3. The Hall–Kier alpha value is -2.18. The summed E-state index contributed by atoms with van der Waals surface area (Å²) in [5.74, 6) is 0.117. The van der Waals surface area contributed by atoms with Crippen LogP contribution >= 0.6 is 28.1 Å². The topological polar surface area (TPSA) is 61.4 Å². The highest BCUT2D eigenvalue weighted by molar-refractivity contribution is 9.10. The van der Waals surface area contributed by atoms with Crippen molar-refractivity contribution in [2.24, 2.45) is 0 Å². The van der Waals surface area contributed by atoms with Gasteiger partial charge in [-0.15, -0.1) is 0 Å². The first kappa shape index (κ1) is 15.4. The molecule has 4 nitrogen and oxygen atoms in total. The number of aromatic hydroxyl groups is 1. The fourth-order valence-corrected chi connectivity index (χ4v) is 3.91. The van der Waals surface area contributed by atoms with Gasteiger partial charge in [-0.25, -0.2) is 0 Å². The van der Waals surface area contributed by atoms with Crippen molar-refractivity contribution in [3.63, 3.8) is 0 Å². The van der Waals surface area contributed by atoms with Crippen molar-refractivity contribution < 1.29 is 9.90 Å². The molecule has 6 heteroatoms. The highest BCUT2D eigenvalue weighted by atomic mass is 79.9. The fraction of sp³-hybridized carbons (Fsp3) is 0.111. The van der Waals surface area contributed by atoms with Crippen LogP contribution in [0.15, 0.2) is 46.4 Å².